The molecule has 3 rings (SSSR count). The Bertz CT molecular complexity index is 746. The van der Waals surface area contributed by atoms with E-state index in [1.54, 1.807) is 0 Å². The Balaban J connectivity index is 0.00000192. The molecule has 0 aliphatic carbocycles. The molecule has 2 aromatic carbocycles. The minimum Gasteiger partial charge on any atom is -0.304 e. The number of nitrogens with zero attached hydrogens (tertiary/aromatic N) is 1. The van der Waals surface area contributed by atoms with Crippen molar-refractivity contribution < 1.29 is 20.1 Å². The van der Waals surface area contributed by atoms with Gasteiger partial charge in [0.2, 0.25) is 0 Å². The number of hydrogen-bond donors (Lipinski definition) is 0. The van der Waals surface area contributed by atoms with Crippen molar-refractivity contribution in [3.63, 3.8) is 0 Å². The van der Waals surface area contributed by atoms with E-state index in [1.165, 1.54) is 28.7 Å². The maximum absolute atomic E-state index is 4.49. The average molecular weight is 479 g/mol. The van der Waals surface area contributed by atoms with Crippen LogP contribution in [0.1, 0.15) is 24.5 Å². The number of aryl methyl sites for hydroxylation is 2. The Morgan fingerprint density at radius 1 is 0.957 bits per heavy atom. The Morgan fingerprint density at radius 3 is 2.39 bits per heavy atom. The zero-order valence-corrected chi connectivity index (χ0v) is 15.9. The first-order chi connectivity index (χ1) is 10.8. The molecule has 0 N–H and O–H groups in total. The normalized spacial score (nSPS) is 10.2. The van der Waals surface area contributed by atoms with E-state index in [9.17, 15) is 0 Å². The first kappa shape index (κ1) is 17.6. The van der Waals surface area contributed by atoms with E-state index in [-0.39, 0.29) is 20.1 Å². The largest absolute Gasteiger partial charge is 0.304 e. The summed E-state index contributed by atoms with van der Waals surface area (Å²) < 4.78 is 0. The van der Waals surface area contributed by atoms with Gasteiger partial charge in [-0.1, -0.05) is 49.7 Å². The first-order valence-electron chi connectivity index (χ1n) is 7.80. The van der Waals surface area contributed by atoms with Gasteiger partial charge in [0.15, 0.2) is 0 Å². The van der Waals surface area contributed by atoms with Crippen molar-refractivity contribution in [2.75, 3.05) is 0 Å². The summed E-state index contributed by atoms with van der Waals surface area (Å²) in [5.41, 5.74) is 7.02. The molecular formula is C21H20IrN-. The minimum atomic E-state index is 0. The van der Waals surface area contributed by atoms with Crippen molar-refractivity contribution in [1.29, 1.82) is 0 Å². The third-order valence-electron chi connectivity index (χ3n) is 3.81. The second-order valence-corrected chi connectivity index (χ2v) is 5.66. The standard InChI is InChI=1S/C21H20N.Ir/c1-3-5-17-9-11-18(12-10-17)19-6-4-7-20(14-19)21-13-8-16(2)15-22-21;/h4,6,8-15H,3,5H2,1-2H3;/q-1;. The second-order valence-electron chi connectivity index (χ2n) is 5.66. The molecule has 0 bridgehead atoms. The van der Waals surface area contributed by atoms with E-state index >= 15 is 0 Å². The molecule has 0 saturated carbocycles. The maximum Gasteiger partial charge on any atom is 0.0190 e. The van der Waals surface area contributed by atoms with Crippen molar-refractivity contribution in [2.45, 2.75) is 26.7 Å². The Morgan fingerprint density at radius 2 is 1.74 bits per heavy atom. The van der Waals surface area contributed by atoms with E-state index in [0.717, 1.165) is 17.7 Å². The number of pyridine rings is 1. The fraction of sp³-hybridized carbons (Fsp3) is 0.190. The summed E-state index contributed by atoms with van der Waals surface area (Å²) in [5.74, 6) is 0. The fourth-order valence-corrected chi connectivity index (χ4v) is 2.57. The van der Waals surface area contributed by atoms with Gasteiger partial charge in [-0.3, -0.25) is 0 Å². The zero-order chi connectivity index (χ0) is 15.4. The summed E-state index contributed by atoms with van der Waals surface area (Å²) in [7, 11) is 0. The van der Waals surface area contributed by atoms with Crippen molar-refractivity contribution >= 4 is 0 Å². The maximum atomic E-state index is 4.49. The molecule has 1 radical (unpaired) electrons. The van der Waals surface area contributed by atoms with E-state index < -0.39 is 0 Å². The van der Waals surface area contributed by atoms with Gasteiger partial charge in [0.05, 0.1) is 0 Å². The third kappa shape index (κ3) is 4.37. The van der Waals surface area contributed by atoms with Crippen LogP contribution < -0.4 is 0 Å². The van der Waals surface area contributed by atoms with E-state index in [1.807, 2.05) is 12.3 Å². The summed E-state index contributed by atoms with van der Waals surface area (Å²) in [6.45, 7) is 4.26. The summed E-state index contributed by atoms with van der Waals surface area (Å²) >= 11 is 0. The molecule has 3 aromatic rings. The van der Waals surface area contributed by atoms with Crippen LogP contribution in [0.4, 0.5) is 0 Å². The van der Waals surface area contributed by atoms with Crippen LogP contribution in [-0.2, 0) is 26.5 Å². The Kier molecular flexibility index (Phi) is 6.27. The predicted octanol–water partition coefficient (Wildman–Crippen LogP) is 5.47. The van der Waals surface area contributed by atoms with Crippen LogP contribution in [0.2, 0.25) is 0 Å². The molecule has 0 fully saturated rings. The van der Waals surface area contributed by atoms with Gasteiger partial charge in [0, 0.05) is 26.3 Å². The zero-order valence-electron chi connectivity index (χ0n) is 13.5. The molecule has 1 heterocycles. The molecule has 1 nitrogen and oxygen atoms in total. The van der Waals surface area contributed by atoms with Crippen LogP contribution in [0, 0.1) is 13.0 Å². The molecule has 0 amide bonds. The smallest absolute Gasteiger partial charge is 0.0190 e. The van der Waals surface area contributed by atoms with Crippen LogP contribution in [0.5, 0.6) is 0 Å². The number of benzene rings is 2. The van der Waals surface area contributed by atoms with Gasteiger partial charge in [-0.15, -0.1) is 35.4 Å². The van der Waals surface area contributed by atoms with Gasteiger partial charge >= 0.3 is 0 Å². The van der Waals surface area contributed by atoms with Crippen LogP contribution in [0.15, 0.2) is 60.8 Å². The molecular weight excluding hydrogens is 458 g/mol. The number of rotatable bonds is 4. The monoisotopic (exact) mass is 479 g/mol. The van der Waals surface area contributed by atoms with E-state index in [4.69, 9.17) is 0 Å². The van der Waals surface area contributed by atoms with Crippen molar-refractivity contribution in [1.82, 2.24) is 4.98 Å². The molecule has 1 aromatic heterocycles. The fourth-order valence-electron chi connectivity index (χ4n) is 2.57. The first-order valence-corrected chi connectivity index (χ1v) is 7.80. The van der Waals surface area contributed by atoms with Gasteiger partial charge < -0.3 is 4.98 Å². The van der Waals surface area contributed by atoms with Crippen LogP contribution in [0.3, 0.4) is 0 Å². The van der Waals surface area contributed by atoms with Gasteiger partial charge in [0.1, 0.15) is 0 Å². The Hall–Kier alpha value is -1.76. The number of aromatic nitrogens is 1. The molecule has 119 valence electrons. The summed E-state index contributed by atoms with van der Waals surface area (Å²) in [5, 5.41) is 0. The molecule has 23 heavy (non-hydrogen) atoms. The van der Waals surface area contributed by atoms with Gasteiger partial charge in [-0.2, -0.15) is 0 Å². The SMILES string of the molecule is CCCc1ccc(-c2cc[c-]c(-c3ccc(C)cn3)c2)cc1.[Ir]. The van der Waals surface area contributed by atoms with Gasteiger partial charge in [0.25, 0.3) is 0 Å². The third-order valence-corrected chi connectivity index (χ3v) is 3.81. The molecule has 0 unspecified atom stereocenters. The van der Waals surface area contributed by atoms with Crippen LogP contribution in [-0.4, -0.2) is 4.98 Å². The molecule has 0 saturated heterocycles. The van der Waals surface area contributed by atoms with Crippen molar-refractivity contribution in [3.8, 4) is 22.4 Å². The van der Waals surface area contributed by atoms with Crippen LogP contribution >= 0.6 is 0 Å². The number of hydrogen-bond acceptors (Lipinski definition) is 1. The summed E-state index contributed by atoms with van der Waals surface area (Å²) in [6, 6.07) is 22.5. The van der Waals surface area contributed by atoms with Gasteiger partial charge in [-0.25, -0.2) is 0 Å². The second kappa shape index (κ2) is 8.19. The molecule has 2 heteroatoms. The molecule has 0 atom stereocenters. The van der Waals surface area contributed by atoms with Crippen LogP contribution in [0.25, 0.3) is 22.4 Å². The summed E-state index contributed by atoms with van der Waals surface area (Å²) in [4.78, 5) is 4.49. The molecule has 0 aliphatic rings. The Labute approximate surface area is 152 Å². The predicted molar refractivity (Wildman–Crippen MR) is 92.7 cm³/mol. The van der Waals surface area contributed by atoms with E-state index in [2.05, 4.69) is 73.4 Å². The van der Waals surface area contributed by atoms with Crippen molar-refractivity contribution in [2.24, 2.45) is 0 Å². The topological polar surface area (TPSA) is 12.9 Å². The van der Waals surface area contributed by atoms with E-state index in [0.29, 0.717) is 0 Å². The average Bonchev–Trinajstić information content (AvgIpc) is 2.57. The molecule has 0 spiro atoms. The quantitative estimate of drug-likeness (QED) is 0.453. The van der Waals surface area contributed by atoms with Gasteiger partial charge in [-0.05, 0) is 35.7 Å². The summed E-state index contributed by atoms with van der Waals surface area (Å²) in [6.07, 6.45) is 4.22. The minimum absolute atomic E-state index is 0. The molecule has 0 aliphatic heterocycles. The van der Waals surface area contributed by atoms with Crippen molar-refractivity contribution in [3.05, 3.63) is 78.0 Å².